The molecule has 0 amide bonds. The fourth-order valence-corrected chi connectivity index (χ4v) is 6.25. The second-order valence-electron chi connectivity index (χ2n) is 8.27. The predicted molar refractivity (Wildman–Crippen MR) is 90.9 cm³/mol. The summed E-state index contributed by atoms with van der Waals surface area (Å²) in [6.07, 6.45) is 9.90. The molecule has 0 bridgehead atoms. The van der Waals surface area contributed by atoms with E-state index in [1.54, 1.807) is 7.11 Å². The van der Waals surface area contributed by atoms with Gasteiger partial charge in [-0.25, -0.2) is 0 Å². The van der Waals surface area contributed by atoms with Crippen LogP contribution in [0.3, 0.4) is 0 Å². The number of aliphatic hydroxyl groups is 1. The zero-order chi connectivity index (χ0) is 16.6. The van der Waals surface area contributed by atoms with Crippen LogP contribution in [-0.4, -0.2) is 18.0 Å². The number of hydrogen-bond donors (Lipinski definition) is 1. The minimum Gasteiger partial charge on any atom is -0.512 e. The van der Waals surface area contributed by atoms with E-state index in [1.807, 2.05) is 0 Å². The lowest BCUT2D eigenvalue weighted by molar-refractivity contribution is -0.132. The summed E-state index contributed by atoms with van der Waals surface area (Å²) in [5.41, 5.74) is -0.0400. The summed E-state index contributed by atoms with van der Waals surface area (Å²) in [6.45, 7) is 4.53. The van der Waals surface area contributed by atoms with Crippen LogP contribution in [0.1, 0.15) is 65.2 Å². The first-order valence-electron chi connectivity index (χ1n) is 9.45. The van der Waals surface area contributed by atoms with Crippen molar-refractivity contribution >= 4 is 5.78 Å². The van der Waals surface area contributed by atoms with Crippen molar-refractivity contribution in [3.8, 4) is 0 Å². The summed E-state index contributed by atoms with van der Waals surface area (Å²) in [4.78, 5) is 12.4. The van der Waals surface area contributed by atoms with E-state index in [1.165, 1.54) is 25.7 Å². The first-order valence-corrected chi connectivity index (χ1v) is 9.45. The Morgan fingerprint density at radius 3 is 2.74 bits per heavy atom. The van der Waals surface area contributed by atoms with Gasteiger partial charge in [0.1, 0.15) is 17.8 Å². The fraction of sp³-hybridized carbons (Fsp3) is 0.850. The summed E-state index contributed by atoms with van der Waals surface area (Å²) in [5.74, 6) is 4.54. The van der Waals surface area contributed by atoms with Gasteiger partial charge in [0.2, 0.25) is 0 Å². The standard InChI is InChI=1S/C20H32O3/c1-4-13-5-6-16-15(17(13)11-14(12-21)23-3)9-10-20(2)18(16)7-8-19(20)22/h12-13,15-18,21H,4-11H2,1-3H3/b14-12-/t13-,15+,16-,17+,18+,20+/m1/s1. The first-order chi connectivity index (χ1) is 11.0. The van der Waals surface area contributed by atoms with Gasteiger partial charge >= 0.3 is 0 Å². The normalized spacial score (nSPS) is 43.9. The number of aliphatic hydroxyl groups excluding tert-OH is 1. The van der Waals surface area contributed by atoms with Crippen molar-refractivity contribution in [3.05, 3.63) is 12.0 Å². The van der Waals surface area contributed by atoms with E-state index in [2.05, 4.69) is 13.8 Å². The number of Topliss-reactive ketones (excluding diaryl/α,β-unsaturated/α-hetero) is 1. The van der Waals surface area contributed by atoms with Gasteiger partial charge in [-0.15, -0.1) is 0 Å². The Hall–Kier alpha value is -0.990. The van der Waals surface area contributed by atoms with Crippen LogP contribution in [0.4, 0.5) is 0 Å². The lowest BCUT2D eigenvalue weighted by atomic mass is 9.51. The lowest BCUT2D eigenvalue weighted by Crippen LogP contribution is -2.47. The monoisotopic (exact) mass is 320 g/mol. The molecule has 0 radical (unpaired) electrons. The average molecular weight is 320 g/mol. The van der Waals surface area contributed by atoms with Gasteiger partial charge in [-0.2, -0.15) is 0 Å². The molecule has 1 N–H and O–H groups in total. The zero-order valence-corrected chi connectivity index (χ0v) is 14.9. The molecule has 3 aliphatic rings. The van der Waals surface area contributed by atoms with E-state index in [-0.39, 0.29) is 5.41 Å². The molecule has 23 heavy (non-hydrogen) atoms. The highest BCUT2D eigenvalue weighted by atomic mass is 16.5. The van der Waals surface area contributed by atoms with Crippen LogP contribution in [0.2, 0.25) is 0 Å². The Morgan fingerprint density at radius 1 is 1.30 bits per heavy atom. The summed E-state index contributed by atoms with van der Waals surface area (Å²) in [6, 6.07) is 0. The van der Waals surface area contributed by atoms with Crippen molar-refractivity contribution < 1.29 is 14.6 Å². The van der Waals surface area contributed by atoms with Crippen LogP contribution in [0.25, 0.3) is 0 Å². The molecule has 0 aromatic rings. The molecule has 0 aromatic carbocycles. The van der Waals surface area contributed by atoms with Gasteiger partial charge in [0.05, 0.1) is 7.11 Å². The molecule has 3 nitrogen and oxygen atoms in total. The summed E-state index contributed by atoms with van der Waals surface area (Å²) >= 11 is 0. The molecular weight excluding hydrogens is 288 g/mol. The topological polar surface area (TPSA) is 46.5 Å². The van der Waals surface area contributed by atoms with Crippen molar-refractivity contribution in [2.45, 2.75) is 65.2 Å². The Kier molecular flexibility index (Phi) is 4.75. The summed E-state index contributed by atoms with van der Waals surface area (Å²) in [7, 11) is 1.65. The minimum atomic E-state index is -0.0400. The Morgan fingerprint density at radius 2 is 2.09 bits per heavy atom. The predicted octanol–water partition coefficient (Wildman–Crippen LogP) is 4.87. The smallest absolute Gasteiger partial charge is 0.139 e. The summed E-state index contributed by atoms with van der Waals surface area (Å²) < 4.78 is 5.36. The van der Waals surface area contributed by atoms with Crippen molar-refractivity contribution in [3.63, 3.8) is 0 Å². The van der Waals surface area contributed by atoms with E-state index in [9.17, 15) is 9.90 Å². The van der Waals surface area contributed by atoms with Crippen molar-refractivity contribution in [2.24, 2.45) is 35.0 Å². The van der Waals surface area contributed by atoms with Crippen LogP contribution >= 0.6 is 0 Å². The molecule has 130 valence electrons. The molecule has 0 spiro atoms. The van der Waals surface area contributed by atoms with E-state index in [4.69, 9.17) is 4.74 Å². The van der Waals surface area contributed by atoms with Gasteiger partial charge in [-0.1, -0.05) is 20.3 Å². The Balaban J connectivity index is 1.84. The second-order valence-corrected chi connectivity index (χ2v) is 8.27. The molecule has 3 heteroatoms. The number of hydrogen-bond acceptors (Lipinski definition) is 3. The highest BCUT2D eigenvalue weighted by molar-refractivity contribution is 5.87. The molecule has 3 fully saturated rings. The zero-order valence-electron chi connectivity index (χ0n) is 14.9. The molecule has 0 aliphatic heterocycles. The van der Waals surface area contributed by atoms with E-state index < -0.39 is 0 Å². The van der Waals surface area contributed by atoms with Gasteiger partial charge in [0.25, 0.3) is 0 Å². The Bertz CT molecular complexity index is 483. The largest absolute Gasteiger partial charge is 0.512 e. The molecule has 3 saturated carbocycles. The van der Waals surface area contributed by atoms with Gasteiger partial charge in [0.15, 0.2) is 0 Å². The number of ketones is 1. The number of carbonyl (C=O) groups excluding carboxylic acids is 1. The molecule has 3 aliphatic carbocycles. The maximum Gasteiger partial charge on any atom is 0.139 e. The molecule has 0 saturated heterocycles. The third kappa shape index (κ3) is 2.70. The molecule has 3 rings (SSSR count). The van der Waals surface area contributed by atoms with Crippen LogP contribution in [0.5, 0.6) is 0 Å². The number of fused-ring (bicyclic) bond motifs is 3. The quantitative estimate of drug-likeness (QED) is 0.752. The van der Waals surface area contributed by atoms with Gasteiger partial charge in [-0.3, -0.25) is 4.79 Å². The van der Waals surface area contributed by atoms with E-state index >= 15 is 0 Å². The highest BCUT2D eigenvalue weighted by Gasteiger charge is 2.56. The van der Waals surface area contributed by atoms with Gasteiger partial charge in [0, 0.05) is 18.3 Å². The maximum atomic E-state index is 12.4. The lowest BCUT2D eigenvalue weighted by Gasteiger charge is -2.53. The minimum absolute atomic E-state index is 0.0400. The first kappa shape index (κ1) is 16.9. The van der Waals surface area contributed by atoms with Crippen molar-refractivity contribution in [2.75, 3.05) is 7.11 Å². The number of ether oxygens (including phenoxy) is 1. The maximum absolute atomic E-state index is 12.4. The van der Waals surface area contributed by atoms with Crippen molar-refractivity contribution in [1.29, 1.82) is 0 Å². The average Bonchev–Trinajstić information content (AvgIpc) is 2.87. The van der Waals surface area contributed by atoms with Crippen LogP contribution in [-0.2, 0) is 9.53 Å². The third-order valence-electron chi connectivity index (χ3n) is 7.60. The van der Waals surface area contributed by atoms with Gasteiger partial charge in [-0.05, 0) is 61.7 Å². The number of allylic oxidation sites excluding steroid dienone is 1. The fourth-order valence-electron chi connectivity index (χ4n) is 6.25. The second kappa shape index (κ2) is 6.49. The molecule has 0 heterocycles. The number of rotatable bonds is 4. The highest BCUT2D eigenvalue weighted by Crippen LogP contribution is 2.60. The number of carbonyl (C=O) groups is 1. The third-order valence-corrected chi connectivity index (χ3v) is 7.60. The molecular formula is C20H32O3. The SMILES string of the molecule is CC[C@@H]1CC[C@@H]2[C@H](CC[C@]3(C)C(=O)CC[C@@H]23)[C@H]1C/C(=C/O)OC. The summed E-state index contributed by atoms with van der Waals surface area (Å²) in [5, 5.41) is 9.41. The van der Waals surface area contributed by atoms with Crippen LogP contribution in [0, 0.1) is 35.0 Å². The van der Waals surface area contributed by atoms with Gasteiger partial charge < -0.3 is 9.84 Å². The van der Waals surface area contributed by atoms with Crippen LogP contribution < -0.4 is 0 Å². The molecule has 0 unspecified atom stereocenters. The molecule has 0 aromatic heterocycles. The van der Waals surface area contributed by atoms with Crippen LogP contribution in [0.15, 0.2) is 12.0 Å². The number of methoxy groups -OCH3 is 1. The van der Waals surface area contributed by atoms with E-state index in [0.29, 0.717) is 35.2 Å². The van der Waals surface area contributed by atoms with Crippen molar-refractivity contribution in [1.82, 2.24) is 0 Å². The molecule has 6 atom stereocenters. The van der Waals surface area contributed by atoms with E-state index in [0.717, 1.165) is 37.9 Å². The Labute approximate surface area is 140 Å².